The van der Waals surface area contributed by atoms with Gasteiger partial charge in [-0.3, -0.25) is 4.99 Å². The normalized spacial score (nSPS) is 13.4. The van der Waals surface area contributed by atoms with Gasteiger partial charge in [0.05, 0.1) is 26.5 Å². The number of guanidine groups is 1. The van der Waals surface area contributed by atoms with Crippen molar-refractivity contribution in [3.8, 4) is 11.5 Å². The predicted octanol–water partition coefficient (Wildman–Crippen LogP) is 3.04. The molecule has 142 valence electrons. The molecule has 0 fully saturated rings. The predicted molar refractivity (Wildman–Crippen MR) is 114 cm³/mol. The van der Waals surface area contributed by atoms with E-state index >= 15 is 0 Å². The van der Waals surface area contributed by atoms with Gasteiger partial charge in [0.2, 0.25) is 0 Å². The number of imidazole rings is 1. The van der Waals surface area contributed by atoms with Crippen molar-refractivity contribution in [2.24, 2.45) is 4.99 Å². The van der Waals surface area contributed by atoms with E-state index in [0.717, 1.165) is 24.3 Å². The topological polar surface area (TPSA) is 72.7 Å². The van der Waals surface area contributed by atoms with Crippen molar-refractivity contribution in [3.63, 3.8) is 0 Å². The van der Waals surface area contributed by atoms with E-state index in [9.17, 15) is 0 Å². The van der Waals surface area contributed by atoms with Gasteiger partial charge in [0.15, 0.2) is 17.5 Å². The van der Waals surface area contributed by atoms with E-state index in [-0.39, 0.29) is 24.0 Å². The fourth-order valence-electron chi connectivity index (χ4n) is 2.96. The van der Waals surface area contributed by atoms with Crippen LogP contribution in [-0.2, 0) is 19.5 Å². The van der Waals surface area contributed by atoms with Gasteiger partial charge in [0, 0.05) is 38.0 Å². The Morgan fingerprint density at radius 2 is 2.04 bits per heavy atom. The number of methoxy groups -OCH3 is 2. The second-order valence-corrected chi connectivity index (χ2v) is 5.92. The van der Waals surface area contributed by atoms with E-state index in [1.54, 1.807) is 21.3 Å². The number of halogens is 1. The lowest BCUT2D eigenvalue weighted by Gasteiger charge is -2.13. The molecule has 0 unspecified atom stereocenters. The minimum absolute atomic E-state index is 0. The van der Waals surface area contributed by atoms with Crippen LogP contribution in [0, 0.1) is 0 Å². The summed E-state index contributed by atoms with van der Waals surface area (Å²) in [5.41, 5.74) is 1.90. The highest BCUT2D eigenvalue weighted by molar-refractivity contribution is 14.0. The Morgan fingerprint density at radius 1 is 1.23 bits per heavy atom. The highest BCUT2D eigenvalue weighted by Gasteiger charge is 2.12. The fraction of sp³-hybridized carbons (Fsp3) is 0.444. The summed E-state index contributed by atoms with van der Waals surface area (Å²) < 4.78 is 12.8. The molecule has 1 aromatic heterocycles. The summed E-state index contributed by atoms with van der Waals surface area (Å²) in [6.07, 6.45) is 5.66. The van der Waals surface area contributed by atoms with Gasteiger partial charge in [-0.15, -0.1) is 24.0 Å². The zero-order chi connectivity index (χ0) is 17.6. The minimum Gasteiger partial charge on any atom is -0.493 e. The number of anilines is 1. The maximum Gasteiger partial charge on any atom is 0.195 e. The third-order valence-corrected chi connectivity index (χ3v) is 4.27. The molecule has 26 heavy (non-hydrogen) atoms. The molecule has 0 atom stereocenters. The quantitative estimate of drug-likeness (QED) is 0.399. The Hall–Kier alpha value is -1.97. The van der Waals surface area contributed by atoms with Crippen molar-refractivity contribution in [1.29, 1.82) is 0 Å². The molecule has 0 radical (unpaired) electrons. The fourth-order valence-corrected chi connectivity index (χ4v) is 2.96. The van der Waals surface area contributed by atoms with Gasteiger partial charge in [-0.1, -0.05) is 0 Å². The summed E-state index contributed by atoms with van der Waals surface area (Å²) in [7, 11) is 4.99. The first-order valence-electron chi connectivity index (χ1n) is 8.48. The average Bonchev–Trinajstić information content (AvgIpc) is 3.07. The number of aliphatic imine (C=N–C) groups is 1. The van der Waals surface area contributed by atoms with Crippen molar-refractivity contribution >= 4 is 35.6 Å². The molecule has 3 rings (SSSR count). The van der Waals surface area contributed by atoms with Crippen LogP contribution < -0.4 is 20.1 Å². The number of hydrogen-bond acceptors (Lipinski definition) is 4. The first-order valence-corrected chi connectivity index (χ1v) is 8.48. The number of fused-ring (bicyclic) bond motifs is 1. The molecule has 1 aromatic carbocycles. The van der Waals surface area contributed by atoms with Gasteiger partial charge in [-0.2, -0.15) is 0 Å². The third-order valence-electron chi connectivity index (χ3n) is 4.27. The van der Waals surface area contributed by atoms with E-state index in [1.807, 2.05) is 18.2 Å². The third kappa shape index (κ3) is 4.80. The van der Waals surface area contributed by atoms with Crippen LogP contribution >= 0.6 is 24.0 Å². The van der Waals surface area contributed by atoms with Crippen LogP contribution in [-0.4, -0.2) is 36.8 Å². The van der Waals surface area contributed by atoms with Crippen LogP contribution in [0.5, 0.6) is 11.5 Å². The standard InChI is InChI=1S/C18H25N5O2.HI/c1-19-18(22-13-7-8-15(24-2)16(10-13)25-3)20-11-14-12-23-9-5-4-6-17(23)21-14;/h7-8,10,12H,4-6,9,11H2,1-3H3,(H2,19,20,22);1H. The molecule has 0 amide bonds. The summed E-state index contributed by atoms with van der Waals surface area (Å²) in [6.45, 7) is 1.70. The monoisotopic (exact) mass is 471 g/mol. The largest absolute Gasteiger partial charge is 0.493 e. The molecule has 2 aromatic rings. The first-order chi connectivity index (χ1) is 12.2. The number of benzene rings is 1. The molecule has 2 heterocycles. The van der Waals surface area contributed by atoms with Gasteiger partial charge >= 0.3 is 0 Å². The van der Waals surface area contributed by atoms with Crippen LogP contribution in [0.25, 0.3) is 0 Å². The highest BCUT2D eigenvalue weighted by Crippen LogP contribution is 2.29. The second-order valence-electron chi connectivity index (χ2n) is 5.92. The molecule has 0 aliphatic carbocycles. The Balaban J connectivity index is 0.00000243. The summed E-state index contributed by atoms with van der Waals surface area (Å²) in [4.78, 5) is 8.96. The number of aryl methyl sites for hydroxylation is 2. The molecule has 7 nitrogen and oxygen atoms in total. The van der Waals surface area contributed by atoms with Gasteiger partial charge in [0.25, 0.3) is 0 Å². The minimum atomic E-state index is 0. The SMILES string of the molecule is CN=C(NCc1cn2c(n1)CCCC2)Nc1ccc(OC)c(OC)c1.I. The lowest BCUT2D eigenvalue weighted by Crippen LogP contribution is -2.30. The molecule has 0 bridgehead atoms. The number of nitrogens with one attached hydrogen (secondary N) is 2. The van der Waals surface area contributed by atoms with Gasteiger partial charge in [0.1, 0.15) is 5.82 Å². The number of hydrogen-bond donors (Lipinski definition) is 2. The zero-order valence-corrected chi connectivity index (χ0v) is 17.7. The molecule has 2 N–H and O–H groups in total. The van der Waals surface area contributed by atoms with Crippen LogP contribution in [0.4, 0.5) is 5.69 Å². The maximum absolute atomic E-state index is 5.33. The Kier molecular flexibility index (Phi) is 7.55. The average molecular weight is 471 g/mol. The second kappa shape index (κ2) is 9.65. The van der Waals surface area contributed by atoms with E-state index in [4.69, 9.17) is 14.5 Å². The summed E-state index contributed by atoms with van der Waals surface area (Å²) in [6, 6.07) is 5.66. The van der Waals surface area contributed by atoms with E-state index in [1.165, 1.54) is 18.7 Å². The molecule has 1 aliphatic rings. The molecule has 0 saturated carbocycles. The lowest BCUT2D eigenvalue weighted by atomic mass is 10.2. The molecule has 8 heteroatoms. The first kappa shape index (κ1) is 20.3. The zero-order valence-electron chi connectivity index (χ0n) is 15.4. The van der Waals surface area contributed by atoms with Crippen molar-refractivity contribution in [2.45, 2.75) is 32.4 Å². The number of nitrogens with zero attached hydrogens (tertiary/aromatic N) is 3. The summed E-state index contributed by atoms with van der Waals surface area (Å²) >= 11 is 0. The Morgan fingerprint density at radius 3 is 2.73 bits per heavy atom. The Bertz CT molecular complexity index is 737. The van der Waals surface area contributed by atoms with Crippen molar-refractivity contribution in [2.75, 3.05) is 26.6 Å². The summed E-state index contributed by atoms with van der Waals surface area (Å²) in [5.74, 6) is 3.23. The van der Waals surface area contributed by atoms with Crippen molar-refractivity contribution in [3.05, 3.63) is 35.9 Å². The number of rotatable bonds is 5. The molecular formula is C18H26IN5O2. The van der Waals surface area contributed by atoms with Crippen molar-refractivity contribution in [1.82, 2.24) is 14.9 Å². The molecule has 0 saturated heterocycles. The van der Waals surface area contributed by atoms with Crippen molar-refractivity contribution < 1.29 is 9.47 Å². The van der Waals surface area contributed by atoms with E-state index in [0.29, 0.717) is 24.0 Å². The maximum atomic E-state index is 5.33. The van der Waals surface area contributed by atoms with Crippen LogP contribution in [0.15, 0.2) is 29.4 Å². The van der Waals surface area contributed by atoms with Crippen LogP contribution in [0.3, 0.4) is 0 Å². The Labute approximate surface area is 171 Å². The van der Waals surface area contributed by atoms with E-state index in [2.05, 4.69) is 26.4 Å². The summed E-state index contributed by atoms with van der Waals surface area (Å²) in [5, 5.41) is 6.56. The van der Waals surface area contributed by atoms with Gasteiger partial charge in [-0.25, -0.2) is 4.98 Å². The van der Waals surface area contributed by atoms with E-state index < -0.39 is 0 Å². The lowest BCUT2D eigenvalue weighted by molar-refractivity contribution is 0.355. The highest BCUT2D eigenvalue weighted by atomic mass is 127. The molecule has 0 spiro atoms. The van der Waals surface area contributed by atoms with Gasteiger partial charge < -0.3 is 24.7 Å². The molecule has 1 aliphatic heterocycles. The smallest absolute Gasteiger partial charge is 0.195 e. The van der Waals surface area contributed by atoms with Crippen LogP contribution in [0.1, 0.15) is 24.4 Å². The number of aromatic nitrogens is 2. The molecular weight excluding hydrogens is 445 g/mol. The van der Waals surface area contributed by atoms with Gasteiger partial charge in [-0.05, 0) is 25.0 Å². The van der Waals surface area contributed by atoms with Crippen LogP contribution in [0.2, 0.25) is 0 Å². The number of ether oxygens (including phenoxy) is 2.